The Kier molecular flexibility index (Phi) is 3.08. The van der Waals surface area contributed by atoms with E-state index < -0.39 is 0 Å². The van der Waals surface area contributed by atoms with Crippen molar-refractivity contribution in [2.75, 3.05) is 16.9 Å². The maximum atomic E-state index is 13.4. The number of rotatable bonds is 2. The van der Waals surface area contributed by atoms with Gasteiger partial charge in [0.25, 0.3) is 5.91 Å². The number of benzene rings is 1. The van der Waals surface area contributed by atoms with Crippen LogP contribution in [0.5, 0.6) is 0 Å². The number of anilines is 2. The Hall–Kier alpha value is -2.47. The SMILES string of the molecule is NNc1cnccc1C(=O)N1CCc2ccc(F)cc21. The van der Waals surface area contributed by atoms with E-state index in [4.69, 9.17) is 5.84 Å². The molecule has 2 heterocycles. The molecule has 5 nitrogen and oxygen atoms in total. The van der Waals surface area contributed by atoms with Gasteiger partial charge in [0.2, 0.25) is 0 Å². The maximum Gasteiger partial charge on any atom is 0.260 e. The van der Waals surface area contributed by atoms with Crippen molar-refractivity contribution in [2.45, 2.75) is 6.42 Å². The normalized spacial score (nSPS) is 13.2. The quantitative estimate of drug-likeness (QED) is 0.645. The minimum Gasteiger partial charge on any atom is -0.322 e. The van der Waals surface area contributed by atoms with Crippen molar-refractivity contribution >= 4 is 17.3 Å². The van der Waals surface area contributed by atoms with E-state index in [-0.39, 0.29) is 11.7 Å². The number of nitrogens with zero attached hydrogens (tertiary/aromatic N) is 2. The summed E-state index contributed by atoms with van der Waals surface area (Å²) in [7, 11) is 0. The highest BCUT2D eigenvalue weighted by Gasteiger charge is 2.27. The van der Waals surface area contributed by atoms with Gasteiger partial charge in [-0.3, -0.25) is 15.6 Å². The molecule has 6 heteroatoms. The summed E-state index contributed by atoms with van der Waals surface area (Å²) < 4.78 is 13.4. The second-order valence-electron chi connectivity index (χ2n) is 4.55. The number of nitrogens with one attached hydrogen (secondary N) is 1. The van der Waals surface area contributed by atoms with E-state index in [2.05, 4.69) is 10.4 Å². The number of pyridine rings is 1. The van der Waals surface area contributed by atoms with Gasteiger partial charge in [-0.2, -0.15) is 0 Å². The molecule has 1 aliphatic rings. The highest BCUT2D eigenvalue weighted by atomic mass is 19.1. The lowest BCUT2D eigenvalue weighted by molar-refractivity contribution is 0.0990. The van der Waals surface area contributed by atoms with Crippen molar-refractivity contribution in [3.05, 3.63) is 53.6 Å². The smallest absolute Gasteiger partial charge is 0.260 e. The molecule has 1 amide bonds. The lowest BCUT2D eigenvalue weighted by Gasteiger charge is -2.18. The van der Waals surface area contributed by atoms with E-state index in [0.717, 1.165) is 12.0 Å². The number of fused-ring (bicyclic) bond motifs is 1. The molecule has 0 radical (unpaired) electrons. The van der Waals surface area contributed by atoms with Crippen molar-refractivity contribution in [3.63, 3.8) is 0 Å². The Morgan fingerprint density at radius 2 is 2.25 bits per heavy atom. The molecule has 0 unspecified atom stereocenters. The van der Waals surface area contributed by atoms with Gasteiger partial charge in [-0.15, -0.1) is 0 Å². The number of carbonyl (C=O) groups excluding carboxylic acids is 1. The molecule has 0 aliphatic carbocycles. The number of nitrogen functional groups attached to an aromatic ring is 1. The molecular formula is C14H13FN4O. The Balaban J connectivity index is 2.00. The maximum absolute atomic E-state index is 13.4. The number of nitrogens with two attached hydrogens (primary N) is 1. The highest BCUT2D eigenvalue weighted by Crippen LogP contribution is 2.30. The Bertz CT molecular complexity index is 674. The van der Waals surface area contributed by atoms with Crippen LogP contribution in [0.1, 0.15) is 15.9 Å². The van der Waals surface area contributed by atoms with Crippen molar-refractivity contribution < 1.29 is 9.18 Å². The van der Waals surface area contributed by atoms with Crippen LogP contribution in [-0.2, 0) is 6.42 Å². The average Bonchev–Trinajstić information content (AvgIpc) is 2.89. The van der Waals surface area contributed by atoms with Crippen LogP contribution >= 0.6 is 0 Å². The Labute approximate surface area is 115 Å². The van der Waals surface area contributed by atoms with Crippen molar-refractivity contribution in [2.24, 2.45) is 5.84 Å². The molecule has 20 heavy (non-hydrogen) atoms. The van der Waals surface area contributed by atoms with Gasteiger partial charge in [-0.05, 0) is 30.2 Å². The van der Waals surface area contributed by atoms with Crippen molar-refractivity contribution in [1.29, 1.82) is 0 Å². The number of hydrazine groups is 1. The van der Waals surface area contributed by atoms with E-state index in [1.165, 1.54) is 24.5 Å². The molecule has 0 saturated carbocycles. The first-order valence-corrected chi connectivity index (χ1v) is 6.21. The summed E-state index contributed by atoms with van der Waals surface area (Å²) >= 11 is 0. The molecule has 0 atom stereocenters. The number of amides is 1. The summed E-state index contributed by atoms with van der Waals surface area (Å²) in [6.45, 7) is 0.532. The second-order valence-corrected chi connectivity index (χ2v) is 4.55. The van der Waals surface area contributed by atoms with Crippen LogP contribution in [-0.4, -0.2) is 17.4 Å². The van der Waals surface area contributed by atoms with Crippen LogP contribution in [0.15, 0.2) is 36.7 Å². The third kappa shape index (κ3) is 2.00. The molecule has 1 aliphatic heterocycles. The molecule has 0 saturated heterocycles. The molecule has 1 aromatic carbocycles. The number of hydrogen-bond acceptors (Lipinski definition) is 4. The van der Waals surface area contributed by atoms with Crippen LogP contribution in [0.25, 0.3) is 0 Å². The molecular weight excluding hydrogens is 259 g/mol. The van der Waals surface area contributed by atoms with Gasteiger partial charge in [0.05, 0.1) is 23.1 Å². The number of carbonyl (C=O) groups is 1. The van der Waals surface area contributed by atoms with Crippen molar-refractivity contribution in [1.82, 2.24) is 4.98 Å². The number of aromatic nitrogens is 1. The zero-order valence-electron chi connectivity index (χ0n) is 10.6. The van der Waals surface area contributed by atoms with Crippen LogP contribution in [0.4, 0.5) is 15.8 Å². The van der Waals surface area contributed by atoms with E-state index in [9.17, 15) is 9.18 Å². The van der Waals surface area contributed by atoms with Gasteiger partial charge in [-0.1, -0.05) is 6.07 Å². The molecule has 102 valence electrons. The first-order valence-electron chi connectivity index (χ1n) is 6.21. The van der Waals surface area contributed by atoms with E-state index in [0.29, 0.717) is 23.5 Å². The van der Waals surface area contributed by atoms with Gasteiger partial charge >= 0.3 is 0 Å². The van der Waals surface area contributed by atoms with Gasteiger partial charge in [0, 0.05) is 12.7 Å². The Morgan fingerprint density at radius 1 is 1.40 bits per heavy atom. The first kappa shape index (κ1) is 12.6. The first-order chi connectivity index (χ1) is 9.70. The van der Waals surface area contributed by atoms with Crippen LogP contribution in [0.3, 0.4) is 0 Å². The molecule has 3 rings (SSSR count). The van der Waals surface area contributed by atoms with Crippen LogP contribution in [0.2, 0.25) is 0 Å². The third-order valence-corrected chi connectivity index (χ3v) is 3.40. The predicted octanol–water partition coefficient (Wildman–Crippen LogP) is 1.71. The average molecular weight is 272 g/mol. The largest absolute Gasteiger partial charge is 0.322 e. The zero-order valence-corrected chi connectivity index (χ0v) is 10.6. The van der Waals surface area contributed by atoms with E-state index in [1.807, 2.05) is 0 Å². The number of hydrogen-bond donors (Lipinski definition) is 2. The number of halogens is 1. The monoisotopic (exact) mass is 272 g/mol. The highest BCUT2D eigenvalue weighted by molar-refractivity contribution is 6.10. The predicted molar refractivity (Wildman–Crippen MR) is 73.8 cm³/mol. The summed E-state index contributed by atoms with van der Waals surface area (Å²) in [6, 6.07) is 6.10. The van der Waals surface area contributed by atoms with Crippen molar-refractivity contribution in [3.8, 4) is 0 Å². The van der Waals surface area contributed by atoms with Gasteiger partial charge < -0.3 is 10.3 Å². The molecule has 1 aromatic heterocycles. The summed E-state index contributed by atoms with van der Waals surface area (Å²) in [6.07, 6.45) is 3.73. The van der Waals surface area contributed by atoms with Gasteiger partial charge in [-0.25, -0.2) is 4.39 Å². The fraction of sp³-hybridized carbons (Fsp3) is 0.143. The van der Waals surface area contributed by atoms with E-state index >= 15 is 0 Å². The second kappa shape index (κ2) is 4.90. The van der Waals surface area contributed by atoms with Crippen LogP contribution < -0.4 is 16.2 Å². The molecule has 0 spiro atoms. The lowest BCUT2D eigenvalue weighted by Crippen LogP contribution is -2.30. The summed E-state index contributed by atoms with van der Waals surface area (Å²) in [5.74, 6) is 4.82. The van der Waals surface area contributed by atoms with E-state index in [1.54, 1.807) is 17.0 Å². The molecule has 2 aromatic rings. The lowest BCUT2D eigenvalue weighted by atomic mass is 10.1. The minimum absolute atomic E-state index is 0.218. The van der Waals surface area contributed by atoms with Gasteiger partial charge in [0.15, 0.2) is 0 Å². The standard InChI is InChI=1S/C14H13FN4O/c15-10-2-1-9-4-6-19(13(9)7-10)14(20)11-3-5-17-8-12(11)18-16/h1-3,5,7-8,18H,4,6,16H2. The topological polar surface area (TPSA) is 71.2 Å². The summed E-state index contributed by atoms with van der Waals surface area (Å²) in [5, 5.41) is 0. The van der Waals surface area contributed by atoms with Gasteiger partial charge in [0.1, 0.15) is 5.82 Å². The Morgan fingerprint density at radius 3 is 3.05 bits per heavy atom. The van der Waals surface area contributed by atoms with Crippen LogP contribution in [0, 0.1) is 5.82 Å². The fourth-order valence-electron chi connectivity index (χ4n) is 2.40. The zero-order chi connectivity index (χ0) is 14.1. The molecule has 0 fully saturated rings. The molecule has 3 N–H and O–H groups in total. The third-order valence-electron chi connectivity index (χ3n) is 3.40. The molecule has 0 bridgehead atoms. The summed E-state index contributed by atoms with van der Waals surface area (Å²) in [5.41, 5.74) is 4.90. The summed E-state index contributed by atoms with van der Waals surface area (Å²) in [4.78, 5) is 18.1. The fourth-order valence-corrected chi connectivity index (χ4v) is 2.40. The minimum atomic E-state index is -0.352.